The summed E-state index contributed by atoms with van der Waals surface area (Å²) in [5.74, 6) is 3.56. The van der Waals surface area contributed by atoms with Crippen LogP contribution >= 0.6 is 22.6 Å². The molecule has 0 radical (unpaired) electrons. The minimum Gasteiger partial charge on any atom is -0.496 e. The largest absolute Gasteiger partial charge is 0.496 e. The number of ether oxygens (including phenoxy) is 5. The SMILES string of the molecule is COc1cc(OC)c(-c2ccc3cc4c(cc3c2I)OCO4)cc1OC. The second kappa shape index (κ2) is 6.75. The maximum Gasteiger partial charge on any atom is 0.231 e. The Labute approximate surface area is 164 Å². The molecule has 0 unspecified atom stereocenters. The van der Waals surface area contributed by atoms with Gasteiger partial charge in [-0.05, 0) is 57.1 Å². The van der Waals surface area contributed by atoms with E-state index < -0.39 is 0 Å². The molecule has 0 atom stereocenters. The average Bonchev–Trinajstić information content (AvgIpc) is 3.13. The molecule has 26 heavy (non-hydrogen) atoms. The summed E-state index contributed by atoms with van der Waals surface area (Å²) in [7, 11) is 4.89. The minimum atomic E-state index is 0.262. The van der Waals surface area contributed by atoms with Crippen molar-refractivity contribution in [3.63, 3.8) is 0 Å². The standard InChI is InChI=1S/C20H17IO5/c1-22-15-9-17(24-3)16(23-2)8-14(15)12-5-4-11-6-18-19(26-10-25-18)7-13(11)20(12)21/h4-9H,10H2,1-3H3. The van der Waals surface area contributed by atoms with Crippen LogP contribution in [0.25, 0.3) is 21.9 Å². The van der Waals surface area contributed by atoms with Crippen molar-refractivity contribution < 1.29 is 23.7 Å². The van der Waals surface area contributed by atoms with Gasteiger partial charge < -0.3 is 23.7 Å². The molecule has 1 aliphatic rings. The first-order valence-corrected chi connectivity index (χ1v) is 9.06. The quantitative estimate of drug-likeness (QED) is 0.516. The van der Waals surface area contributed by atoms with Gasteiger partial charge in [0.2, 0.25) is 6.79 Å². The van der Waals surface area contributed by atoms with Crippen LogP contribution in [-0.4, -0.2) is 28.1 Å². The van der Waals surface area contributed by atoms with Crippen molar-refractivity contribution in [3.05, 3.63) is 40.0 Å². The van der Waals surface area contributed by atoms with E-state index in [4.69, 9.17) is 23.7 Å². The first-order chi connectivity index (χ1) is 12.7. The van der Waals surface area contributed by atoms with Crippen LogP contribution in [0.1, 0.15) is 0 Å². The van der Waals surface area contributed by atoms with E-state index in [1.54, 1.807) is 21.3 Å². The number of halogens is 1. The molecule has 4 rings (SSSR count). The van der Waals surface area contributed by atoms with Gasteiger partial charge in [0.25, 0.3) is 0 Å². The van der Waals surface area contributed by atoms with Crippen LogP contribution in [-0.2, 0) is 0 Å². The highest BCUT2D eigenvalue weighted by Gasteiger charge is 2.19. The van der Waals surface area contributed by atoms with Gasteiger partial charge in [-0.15, -0.1) is 0 Å². The Bertz CT molecular complexity index is 999. The van der Waals surface area contributed by atoms with Crippen molar-refractivity contribution >= 4 is 33.4 Å². The number of hydrogen-bond donors (Lipinski definition) is 0. The summed E-state index contributed by atoms with van der Waals surface area (Å²) in [5, 5.41) is 2.20. The first kappa shape index (κ1) is 17.1. The van der Waals surface area contributed by atoms with Crippen LogP contribution in [0.5, 0.6) is 28.7 Å². The highest BCUT2D eigenvalue weighted by Crippen LogP contribution is 2.44. The van der Waals surface area contributed by atoms with Crippen LogP contribution in [0.3, 0.4) is 0 Å². The second-order valence-electron chi connectivity index (χ2n) is 5.76. The second-order valence-corrected chi connectivity index (χ2v) is 6.84. The molecule has 134 valence electrons. The van der Waals surface area contributed by atoms with Crippen LogP contribution in [0.15, 0.2) is 36.4 Å². The molecular weight excluding hydrogens is 447 g/mol. The third-order valence-corrected chi connectivity index (χ3v) is 5.61. The zero-order valence-corrected chi connectivity index (χ0v) is 16.7. The van der Waals surface area contributed by atoms with Gasteiger partial charge in [-0.2, -0.15) is 0 Å². The monoisotopic (exact) mass is 464 g/mol. The van der Waals surface area contributed by atoms with E-state index in [-0.39, 0.29) is 6.79 Å². The highest BCUT2D eigenvalue weighted by molar-refractivity contribution is 14.1. The third kappa shape index (κ3) is 2.68. The van der Waals surface area contributed by atoms with Crippen molar-refractivity contribution in [2.24, 2.45) is 0 Å². The lowest BCUT2D eigenvalue weighted by Crippen LogP contribution is -1.96. The molecule has 0 saturated carbocycles. The average molecular weight is 464 g/mol. The van der Waals surface area contributed by atoms with E-state index in [0.717, 1.165) is 42.7 Å². The van der Waals surface area contributed by atoms with Crippen LogP contribution in [0.2, 0.25) is 0 Å². The third-order valence-electron chi connectivity index (χ3n) is 4.44. The van der Waals surface area contributed by atoms with E-state index in [1.807, 2.05) is 24.3 Å². The molecule has 3 aromatic carbocycles. The van der Waals surface area contributed by atoms with Gasteiger partial charge in [-0.1, -0.05) is 12.1 Å². The Hall–Kier alpha value is -2.35. The number of benzene rings is 3. The summed E-state index contributed by atoms with van der Waals surface area (Å²) >= 11 is 2.36. The summed E-state index contributed by atoms with van der Waals surface area (Å²) in [5.41, 5.74) is 1.99. The van der Waals surface area contributed by atoms with Crippen LogP contribution < -0.4 is 23.7 Å². The summed E-state index contributed by atoms with van der Waals surface area (Å²) < 4.78 is 28.6. The molecule has 0 fully saturated rings. The fourth-order valence-corrected chi connectivity index (χ4v) is 4.06. The van der Waals surface area contributed by atoms with Crippen molar-refractivity contribution in [2.75, 3.05) is 28.1 Å². The minimum absolute atomic E-state index is 0.262. The number of fused-ring (bicyclic) bond motifs is 2. The van der Waals surface area contributed by atoms with Crippen LogP contribution in [0, 0.1) is 3.57 Å². The lowest BCUT2D eigenvalue weighted by atomic mass is 9.99. The Morgan fingerprint density at radius 2 is 1.42 bits per heavy atom. The van der Waals surface area contributed by atoms with Crippen LogP contribution in [0.4, 0.5) is 0 Å². The Morgan fingerprint density at radius 3 is 2.12 bits per heavy atom. The van der Waals surface area contributed by atoms with E-state index in [9.17, 15) is 0 Å². The maximum absolute atomic E-state index is 5.60. The molecule has 0 bridgehead atoms. The van der Waals surface area contributed by atoms with Crippen molar-refractivity contribution in [1.82, 2.24) is 0 Å². The summed E-state index contributed by atoms with van der Waals surface area (Å²) in [6, 6.07) is 12.0. The highest BCUT2D eigenvalue weighted by atomic mass is 127. The molecule has 5 nitrogen and oxygen atoms in total. The predicted octanol–water partition coefficient (Wildman–Crippen LogP) is 4.87. The van der Waals surface area contributed by atoms with E-state index in [1.165, 1.54) is 0 Å². The molecule has 1 heterocycles. The van der Waals surface area contributed by atoms with Gasteiger partial charge in [0.05, 0.1) is 21.3 Å². The van der Waals surface area contributed by atoms with Crippen molar-refractivity contribution in [2.45, 2.75) is 0 Å². The van der Waals surface area contributed by atoms with Gasteiger partial charge in [0.15, 0.2) is 23.0 Å². The van der Waals surface area contributed by atoms with Gasteiger partial charge >= 0.3 is 0 Å². The number of hydrogen-bond acceptors (Lipinski definition) is 5. The molecule has 0 N–H and O–H groups in total. The summed E-state index contributed by atoms with van der Waals surface area (Å²) in [6.07, 6.45) is 0. The molecule has 0 aliphatic carbocycles. The molecule has 1 aliphatic heterocycles. The Morgan fingerprint density at radius 1 is 0.769 bits per heavy atom. The zero-order chi connectivity index (χ0) is 18.3. The van der Waals surface area contributed by atoms with Gasteiger partial charge in [-0.25, -0.2) is 0 Å². The topological polar surface area (TPSA) is 46.2 Å². The van der Waals surface area contributed by atoms with Crippen molar-refractivity contribution in [3.8, 4) is 39.9 Å². The molecule has 6 heteroatoms. The van der Waals surface area contributed by atoms with Gasteiger partial charge in [0.1, 0.15) is 5.75 Å². The molecular formula is C20H17IO5. The molecule has 0 spiro atoms. The smallest absolute Gasteiger partial charge is 0.231 e. The number of methoxy groups -OCH3 is 3. The van der Waals surface area contributed by atoms with Gasteiger partial charge in [0, 0.05) is 15.2 Å². The van der Waals surface area contributed by atoms with E-state index in [0.29, 0.717) is 11.5 Å². The van der Waals surface area contributed by atoms with Gasteiger partial charge in [-0.3, -0.25) is 0 Å². The van der Waals surface area contributed by atoms with E-state index >= 15 is 0 Å². The molecule has 0 saturated heterocycles. The fourth-order valence-electron chi connectivity index (χ4n) is 3.12. The maximum atomic E-state index is 5.60. The zero-order valence-electron chi connectivity index (χ0n) is 14.6. The first-order valence-electron chi connectivity index (χ1n) is 7.98. The molecule has 0 amide bonds. The molecule has 3 aromatic rings. The lowest BCUT2D eigenvalue weighted by Gasteiger charge is -2.16. The normalized spacial score (nSPS) is 12.3. The fraction of sp³-hybridized carbons (Fsp3) is 0.200. The Balaban J connectivity index is 1.94. The molecule has 0 aromatic heterocycles. The lowest BCUT2D eigenvalue weighted by molar-refractivity contribution is 0.174. The van der Waals surface area contributed by atoms with E-state index in [2.05, 4.69) is 34.7 Å². The summed E-state index contributed by atoms with van der Waals surface area (Å²) in [6.45, 7) is 0.262. The predicted molar refractivity (Wildman–Crippen MR) is 108 cm³/mol. The summed E-state index contributed by atoms with van der Waals surface area (Å²) in [4.78, 5) is 0. The van der Waals surface area contributed by atoms with Crippen molar-refractivity contribution in [1.29, 1.82) is 0 Å². The number of rotatable bonds is 4. The Kier molecular flexibility index (Phi) is 4.44.